The van der Waals surface area contributed by atoms with Gasteiger partial charge < -0.3 is 9.53 Å². The summed E-state index contributed by atoms with van der Waals surface area (Å²) in [5, 5.41) is 1.64. The maximum absolute atomic E-state index is 13.4. The monoisotopic (exact) mass is 510 g/mol. The summed E-state index contributed by atoms with van der Waals surface area (Å²) in [7, 11) is 0. The Bertz CT molecular complexity index is 1160. The second-order valence-corrected chi connectivity index (χ2v) is 9.44. The summed E-state index contributed by atoms with van der Waals surface area (Å²) in [5.41, 5.74) is 9.40. The average Bonchev–Trinajstić information content (AvgIpc) is 3.18. The molecule has 2 aromatic rings. The van der Waals surface area contributed by atoms with Crippen molar-refractivity contribution in [3.63, 3.8) is 0 Å². The average molecular weight is 511 g/mol. The number of carbonyl (C=O) groups is 2. The Hall–Kier alpha value is -3.16. The smallest absolute Gasteiger partial charge is 0.310 e. The highest BCUT2D eigenvalue weighted by molar-refractivity contribution is 5.82. The highest BCUT2D eigenvalue weighted by Gasteiger charge is 2.31. The Kier molecular flexibility index (Phi) is 10.3. The van der Waals surface area contributed by atoms with Gasteiger partial charge in [-0.05, 0) is 68.4 Å². The zero-order valence-electron chi connectivity index (χ0n) is 22.0. The van der Waals surface area contributed by atoms with E-state index in [2.05, 4.69) is 11.5 Å². The molecule has 198 valence electrons. The normalized spacial score (nSPS) is 15.9. The number of hydrazine groups is 1. The number of alkyl halides is 2. The number of ether oxygens (including phenoxy) is 1. The molecule has 1 amide bonds. The summed E-state index contributed by atoms with van der Waals surface area (Å²) in [5.74, 6) is -0.0971. The minimum absolute atomic E-state index is 0.0657. The van der Waals surface area contributed by atoms with Crippen molar-refractivity contribution < 1.29 is 23.1 Å². The molecule has 0 fully saturated rings. The van der Waals surface area contributed by atoms with E-state index < -0.39 is 12.7 Å². The van der Waals surface area contributed by atoms with Crippen molar-refractivity contribution in [1.82, 2.24) is 10.4 Å². The predicted molar refractivity (Wildman–Crippen MR) is 142 cm³/mol. The quantitative estimate of drug-likeness (QED) is 0.144. The van der Waals surface area contributed by atoms with Crippen molar-refractivity contribution in [1.29, 1.82) is 0 Å². The van der Waals surface area contributed by atoms with Crippen molar-refractivity contribution in [3.05, 3.63) is 82.5 Å². The lowest BCUT2D eigenvalue weighted by atomic mass is 10.0. The Morgan fingerprint density at radius 1 is 1.11 bits per heavy atom. The lowest BCUT2D eigenvalue weighted by molar-refractivity contribution is -0.152. The van der Waals surface area contributed by atoms with E-state index in [1.807, 2.05) is 52.0 Å². The van der Waals surface area contributed by atoms with Gasteiger partial charge in [0.25, 0.3) is 0 Å². The number of allylic oxidation sites excluding steroid dienone is 3. The molecule has 1 aliphatic rings. The van der Waals surface area contributed by atoms with Crippen LogP contribution in [0.5, 0.6) is 0 Å². The maximum Gasteiger partial charge on any atom is 0.346 e. The molecule has 2 aromatic carbocycles. The molecule has 0 heterocycles. The molecule has 5 nitrogen and oxygen atoms in total. The molecule has 1 aliphatic carbocycles. The summed E-state index contributed by atoms with van der Waals surface area (Å²) in [6.45, 7) is 5.63. The molecule has 37 heavy (non-hydrogen) atoms. The van der Waals surface area contributed by atoms with Crippen LogP contribution in [-0.2, 0) is 20.7 Å². The molecule has 1 N–H and O–H groups in total. The zero-order valence-corrected chi connectivity index (χ0v) is 22.0. The molecule has 0 aliphatic heterocycles. The third-order valence-corrected chi connectivity index (χ3v) is 6.73. The first-order valence-corrected chi connectivity index (χ1v) is 12.7. The largest absolute Gasteiger partial charge is 0.346 e. The molecule has 0 radical (unpaired) electrons. The molecule has 0 bridgehead atoms. The second-order valence-electron chi connectivity index (χ2n) is 9.44. The van der Waals surface area contributed by atoms with Crippen LogP contribution in [0.3, 0.4) is 0 Å². The van der Waals surface area contributed by atoms with Crippen LogP contribution in [0.2, 0.25) is 0 Å². The number of carbonyl (C=O) groups excluding carboxylic acids is 2. The summed E-state index contributed by atoms with van der Waals surface area (Å²) >= 11 is 0. The van der Waals surface area contributed by atoms with E-state index in [0.717, 1.165) is 34.1 Å². The molecular weight excluding hydrogens is 474 g/mol. The summed E-state index contributed by atoms with van der Waals surface area (Å²) in [4.78, 5) is 24.1. The van der Waals surface area contributed by atoms with E-state index in [1.54, 1.807) is 29.3 Å². The van der Waals surface area contributed by atoms with Crippen molar-refractivity contribution in [2.24, 2.45) is 0 Å². The molecule has 0 spiro atoms. The fourth-order valence-corrected chi connectivity index (χ4v) is 4.50. The van der Waals surface area contributed by atoms with Gasteiger partial charge in [-0.25, -0.2) is 5.43 Å². The minimum Gasteiger partial charge on any atom is -0.310 e. The lowest BCUT2D eigenvalue weighted by Crippen LogP contribution is -2.48. The second kappa shape index (κ2) is 13.4. The van der Waals surface area contributed by atoms with E-state index in [0.29, 0.717) is 36.9 Å². The topological polar surface area (TPSA) is 58.6 Å². The fourth-order valence-electron chi connectivity index (χ4n) is 4.50. The number of nitrogens with one attached hydrogen (secondary N) is 1. The van der Waals surface area contributed by atoms with Crippen LogP contribution in [0.25, 0.3) is 11.1 Å². The maximum atomic E-state index is 13.4. The Morgan fingerprint density at radius 3 is 2.54 bits per heavy atom. The molecule has 2 atom stereocenters. The van der Waals surface area contributed by atoms with E-state index >= 15 is 0 Å². The highest BCUT2D eigenvalue weighted by Crippen LogP contribution is 2.46. The molecular formula is C30H36F2N2O3. The van der Waals surface area contributed by atoms with Crippen molar-refractivity contribution in [3.8, 4) is 11.1 Å². The van der Waals surface area contributed by atoms with Gasteiger partial charge in [-0.3, -0.25) is 9.80 Å². The number of fused-ring (bicyclic) bond motifs is 3. The van der Waals surface area contributed by atoms with Crippen LogP contribution < -0.4 is 5.43 Å². The number of benzene rings is 2. The first kappa shape index (κ1) is 28.4. The van der Waals surface area contributed by atoms with Gasteiger partial charge in [-0.2, -0.15) is 8.78 Å². The van der Waals surface area contributed by atoms with Crippen molar-refractivity contribution in [2.45, 2.75) is 72.1 Å². The summed E-state index contributed by atoms with van der Waals surface area (Å²) in [6.07, 6.45) is 6.19. The van der Waals surface area contributed by atoms with Crippen molar-refractivity contribution in [2.75, 3.05) is 6.54 Å². The zero-order chi connectivity index (χ0) is 26.9. The van der Waals surface area contributed by atoms with Gasteiger partial charge in [0, 0.05) is 19.0 Å². The number of amides is 1. The van der Waals surface area contributed by atoms with Gasteiger partial charge in [0.05, 0.1) is 6.42 Å². The molecule has 0 saturated heterocycles. The number of halogens is 2. The van der Waals surface area contributed by atoms with E-state index in [4.69, 9.17) is 4.74 Å². The SMILES string of the molecule is C/C=C(C)\C=C(/C)[C@@H](C)NN(CCCCC=O)C(=O)Cc1ccc2c(c1)-c1ccccc1C2OC(F)F. The van der Waals surface area contributed by atoms with Gasteiger partial charge in [0.2, 0.25) is 5.91 Å². The van der Waals surface area contributed by atoms with Gasteiger partial charge in [-0.1, -0.05) is 65.8 Å². The Balaban J connectivity index is 1.80. The van der Waals surface area contributed by atoms with E-state index in [-0.39, 0.29) is 18.4 Å². The number of rotatable bonds is 13. The van der Waals surface area contributed by atoms with Gasteiger partial charge in [-0.15, -0.1) is 0 Å². The number of unbranched alkanes of at least 4 members (excludes halogenated alkanes) is 2. The lowest BCUT2D eigenvalue weighted by Gasteiger charge is -2.28. The number of hydrogen-bond acceptors (Lipinski definition) is 4. The van der Waals surface area contributed by atoms with Gasteiger partial charge in [0.1, 0.15) is 12.4 Å². The van der Waals surface area contributed by atoms with Gasteiger partial charge >= 0.3 is 6.61 Å². The minimum atomic E-state index is -2.89. The third kappa shape index (κ3) is 7.43. The summed E-state index contributed by atoms with van der Waals surface area (Å²) < 4.78 is 31.2. The van der Waals surface area contributed by atoms with Crippen LogP contribution in [0, 0.1) is 0 Å². The van der Waals surface area contributed by atoms with Crippen molar-refractivity contribution >= 4 is 12.2 Å². The molecule has 0 aromatic heterocycles. The first-order chi connectivity index (χ1) is 17.7. The number of nitrogens with zero attached hydrogens (tertiary/aromatic N) is 1. The van der Waals surface area contributed by atoms with E-state index in [9.17, 15) is 18.4 Å². The molecule has 7 heteroatoms. The van der Waals surface area contributed by atoms with Crippen LogP contribution in [-0.4, -0.2) is 36.4 Å². The van der Waals surface area contributed by atoms with Gasteiger partial charge in [0.15, 0.2) is 0 Å². The van der Waals surface area contributed by atoms with E-state index in [1.165, 1.54) is 0 Å². The van der Waals surface area contributed by atoms with Crippen LogP contribution in [0.1, 0.15) is 69.8 Å². The first-order valence-electron chi connectivity index (χ1n) is 12.7. The van der Waals surface area contributed by atoms with Crippen LogP contribution >= 0.6 is 0 Å². The third-order valence-electron chi connectivity index (χ3n) is 6.73. The fraction of sp³-hybridized carbons (Fsp3) is 0.400. The summed E-state index contributed by atoms with van der Waals surface area (Å²) in [6, 6.07) is 12.8. The van der Waals surface area contributed by atoms with Crippen LogP contribution in [0.4, 0.5) is 8.78 Å². The standard InChI is InChI=1S/C30H36F2N2O3/c1-5-20(2)17-21(3)22(4)33-34(15-9-6-10-16-35)28(36)19-23-13-14-26-27(18-23)24-11-7-8-12-25(24)29(26)37-30(31)32/h5,7-8,11-14,16-18,22,29-30,33H,6,9-10,15,19H2,1-4H3/b20-5-,21-17+/t22-,29?/m1/s1. The molecule has 1 unspecified atom stereocenters. The number of hydrogen-bond donors (Lipinski definition) is 1. The predicted octanol–water partition coefficient (Wildman–Crippen LogP) is 6.54. The highest BCUT2D eigenvalue weighted by atomic mass is 19.3. The molecule has 0 saturated carbocycles. The molecule has 3 rings (SSSR count). The van der Waals surface area contributed by atoms with Crippen LogP contribution in [0.15, 0.2) is 65.8 Å². The Labute approximate surface area is 218 Å². The number of aldehydes is 1. The Morgan fingerprint density at radius 2 is 1.84 bits per heavy atom.